The molecule has 0 bridgehead atoms. The van der Waals surface area contributed by atoms with E-state index in [0.717, 1.165) is 0 Å². The van der Waals surface area contributed by atoms with Crippen molar-refractivity contribution in [1.82, 2.24) is 9.97 Å². The Balaban J connectivity index is 2.49. The van der Waals surface area contributed by atoms with Gasteiger partial charge in [0.05, 0.1) is 0 Å². The van der Waals surface area contributed by atoms with Crippen molar-refractivity contribution in [2.45, 2.75) is 18.7 Å². The average Bonchev–Trinajstić information content (AvgIpc) is 2.36. The van der Waals surface area contributed by atoms with Crippen molar-refractivity contribution < 1.29 is 13.2 Å². The number of Topliss-reactive ketones (excluding diaryl/α,β-unsaturated/α-hetero) is 1. The average molecular weight is 323 g/mol. The van der Waals surface area contributed by atoms with Gasteiger partial charge in [-0.15, -0.1) is 0 Å². The molecule has 3 N–H and O–H groups in total. The molecule has 1 aromatic carbocycles. The number of nitrogens with one attached hydrogen (secondary N) is 3. The van der Waals surface area contributed by atoms with E-state index in [2.05, 4.69) is 9.71 Å². The summed E-state index contributed by atoms with van der Waals surface area (Å²) in [5.41, 5.74) is -1.43. The second-order valence-corrected chi connectivity index (χ2v) is 6.22. The standard InChI is InChI=1S/C13H13N3O5S/c1-7-11(12(18)15-13(19)14-7)22(20,21)16-10-5-3-4-9(6-10)8(2)17/h3-6,16H,1-2H3,(H2,14,15,18,19). The number of ketones is 1. The first kappa shape index (κ1) is 15.7. The summed E-state index contributed by atoms with van der Waals surface area (Å²) in [5, 5.41) is 0. The predicted molar refractivity (Wildman–Crippen MR) is 79.7 cm³/mol. The van der Waals surface area contributed by atoms with E-state index in [1.54, 1.807) is 0 Å². The van der Waals surface area contributed by atoms with Gasteiger partial charge < -0.3 is 4.98 Å². The molecule has 22 heavy (non-hydrogen) atoms. The Hall–Kier alpha value is -2.68. The maximum Gasteiger partial charge on any atom is 0.325 e. The molecule has 0 amide bonds. The van der Waals surface area contributed by atoms with Crippen molar-refractivity contribution >= 4 is 21.5 Å². The first-order chi connectivity index (χ1) is 10.2. The van der Waals surface area contributed by atoms with Crippen LogP contribution in [0.5, 0.6) is 0 Å². The number of H-pyrrole nitrogens is 2. The number of aromatic nitrogens is 2. The van der Waals surface area contributed by atoms with Crippen LogP contribution in [0.2, 0.25) is 0 Å². The third-order valence-corrected chi connectivity index (χ3v) is 4.40. The van der Waals surface area contributed by atoms with Gasteiger partial charge in [0.25, 0.3) is 15.6 Å². The fourth-order valence-electron chi connectivity index (χ4n) is 1.92. The fraction of sp³-hybridized carbons (Fsp3) is 0.154. The number of aromatic amines is 2. The number of hydrogen-bond acceptors (Lipinski definition) is 5. The molecule has 0 radical (unpaired) electrons. The third kappa shape index (κ3) is 3.14. The summed E-state index contributed by atoms with van der Waals surface area (Å²) in [6.45, 7) is 2.65. The van der Waals surface area contributed by atoms with Crippen molar-refractivity contribution in [3.05, 3.63) is 56.4 Å². The molecule has 0 aliphatic heterocycles. The van der Waals surface area contributed by atoms with Gasteiger partial charge in [0, 0.05) is 16.9 Å². The molecule has 2 rings (SSSR count). The highest BCUT2D eigenvalue weighted by Gasteiger charge is 2.22. The van der Waals surface area contributed by atoms with Gasteiger partial charge in [0.15, 0.2) is 10.7 Å². The molecular formula is C13H13N3O5S. The summed E-state index contributed by atoms with van der Waals surface area (Å²) in [5.74, 6) is -0.223. The summed E-state index contributed by atoms with van der Waals surface area (Å²) in [6, 6.07) is 5.85. The number of rotatable bonds is 4. The van der Waals surface area contributed by atoms with E-state index in [9.17, 15) is 22.8 Å². The summed E-state index contributed by atoms with van der Waals surface area (Å²) in [6.07, 6.45) is 0. The van der Waals surface area contributed by atoms with E-state index < -0.39 is 26.2 Å². The normalized spacial score (nSPS) is 11.2. The van der Waals surface area contributed by atoms with E-state index in [-0.39, 0.29) is 17.2 Å². The first-order valence-corrected chi connectivity index (χ1v) is 7.66. The lowest BCUT2D eigenvalue weighted by atomic mass is 10.1. The van der Waals surface area contributed by atoms with Gasteiger partial charge in [0.1, 0.15) is 0 Å². The maximum atomic E-state index is 12.3. The van der Waals surface area contributed by atoms with Crippen LogP contribution in [0.1, 0.15) is 23.0 Å². The molecular weight excluding hydrogens is 310 g/mol. The van der Waals surface area contributed by atoms with Gasteiger partial charge >= 0.3 is 5.69 Å². The van der Waals surface area contributed by atoms with Gasteiger partial charge in [-0.3, -0.25) is 19.3 Å². The monoisotopic (exact) mass is 323 g/mol. The number of carbonyl (C=O) groups excluding carboxylic acids is 1. The molecule has 0 aliphatic carbocycles. The smallest absolute Gasteiger partial charge is 0.310 e. The molecule has 116 valence electrons. The van der Waals surface area contributed by atoms with Gasteiger partial charge in [-0.1, -0.05) is 12.1 Å². The highest BCUT2D eigenvalue weighted by Crippen LogP contribution is 2.16. The van der Waals surface area contributed by atoms with Crippen molar-refractivity contribution in [2.24, 2.45) is 0 Å². The van der Waals surface area contributed by atoms with Crippen molar-refractivity contribution in [3.63, 3.8) is 0 Å². The van der Waals surface area contributed by atoms with Crippen molar-refractivity contribution in [3.8, 4) is 0 Å². The molecule has 1 aromatic heterocycles. The largest absolute Gasteiger partial charge is 0.325 e. The molecule has 0 saturated carbocycles. The fourth-order valence-corrected chi connectivity index (χ4v) is 3.21. The number of carbonyl (C=O) groups is 1. The maximum absolute atomic E-state index is 12.3. The van der Waals surface area contributed by atoms with Crippen LogP contribution in [0.25, 0.3) is 0 Å². The topological polar surface area (TPSA) is 129 Å². The molecule has 1 heterocycles. The molecule has 9 heteroatoms. The lowest BCUT2D eigenvalue weighted by Crippen LogP contribution is -2.31. The van der Waals surface area contributed by atoms with Crippen LogP contribution in [0, 0.1) is 6.92 Å². The lowest BCUT2D eigenvalue weighted by molar-refractivity contribution is 0.101. The van der Waals surface area contributed by atoms with Crippen LogP contribution in [-0.4, -0.2) is 24.2 Å². The Morgan fingerprint density at radius 2 is 1.86 bits per heavy atom. The van der Waals surface area contributed by atoms with Gasteiger partial charge in [-0.25, -0.2) is 13.2 Å². The third-order valence-electron chi connectivity index (χ3n) is 2.86. The van der Waals surface area contributed by atoms with Crippen LogP contribution in [0.15, 0.2) is 38.8 Å². The minimum Gasteiger partial charge on any atom is -0.310 e. The molecule has 0 unspecified atom stereocenters. The van der Waals surface area contributed by atoms with Crippen LogP contribution >= 0.6 is 0 Å². The van der Waals surface area contributed by atoms with Crippen molar-refractivity contribution in [2.75, 3.05) is 4.72 Å². The van der Waals surface area contributed by atoms with Gasteiger partial charge in [-0.05, 0) is 26.0 Å². The van der Waals surface area contributed by atoms with Crippen molar-refractivity contribution in [1.29, 1.82) is 0 Å². The summed E-state index contributed by atoms with van der Waals surface area (Å²) >= 11 is 0. The highest BCUT2D eigenvalue weighted by molar-refractivity contribution is 7.92. The quantitative estimate of drug-likeness (QED) is 0.700. The molecule has 0 fully saturated rings. The second-order valence-electron chi connectivity index (χ2n) is 4.60. The molecule has 0 spiro atoms. The van der Waals surface area contributed by atoms with E-state index in [0.29, 0.717) is 5.56 Å². The minimum atomic E-state index is -4.21. The Morgan fingerprint density at radius 3 is 2.45 bits per heavy atom. The Bertz CT molecular complexity index is 956. The molecule has 8 nitrogen and oxygen atoms in total. The van der Waals surface area contributed by atoms with Crippen LogP contribution < -0.4 is 16.0 Å². The van der Waals surface area contributed by atoms with E-state index in [1.807, 2.05) is 4.98 Å². The minimum absolute atomic E-state index is 0.0797. The number of anilines is 1. The number of benzene rings is 1. The lowest BCUT2D eigenvalue weighted by Gasteiger charge is -2.09. The zero-order chi connectivity index (χ0) is 16.5. The highest BCUT2D eigenvalue weighted by atomic mass is 32.2. The first-order valence-electron chi connectivity index (χ1n) is 6.18. The van der Waals surface area contributed by atoms with E-state index in [1.165, 1.54) is 38.1 Å². The van der Waals surface area contributed by atoms with Crippen LogP contribution in [-0.2, 0) is 10.0 Å². The van der Waals surface area contributed by atoms with Crippen LogP contribution in [0.3, 0.4) is 0 Å². The molecule has 0 saturated heterocycles. The SMILES string of the molecule is CC(=O)c1cccc(NS(=O)(=O)c2c(C)[nH]c(=O)[nH]c2=O)c1. The number of sulfonamides is 1. The molecule has 2 aromatic rings. The second kappa shape index (κ2) is 5.60. The summed E-state index contributed by atoms with van der Waals surface area (Å²) in [4.78, 5) is 37.6. The van der Waals surface area contributed by atoms with E-state index in [4.69, 9.17) is 0 Å². The molecule has 0 atom stereocenters. The van der Waals surface area contributed by atoms with Gasteiger partial charge in [-0.2, -0.15) is 0 Å². The Morgan fingerprint density at radius 1 is 1.18 bits per heavy atom. The Kier molecular flexibility index (Phi) is 4.00. The number of aryl methyl sites for hydroxylation is 1. The summed E-state index contributed by atoms with van der Waals surface area (Å²) < 4.78 is 26.8. The zero-order valence-corrected chi connectivity index (χ0v) is 12.6. The van der Waals surface area contributed by atoms with Gasteiger partial charge in [0.2, 0.25) is 0 Å². The molecule has 0 aliphatic rings. The zero-order valence-electron chi connectivity index (χ0n) is 11.8. The predicted octanol–water partition coefficient (Wildman–Crippen LogP) is 0.375. The Labute approximate surface area is 125 Å². The van der Waals surface area contributed by atoms with E-state index >= 15 is 0 Å². The summed E-state index contributed by atoms with van der Waals surface area (Å²) in [7, 11) is -4.21. The van der Waals surface area contributed by atoms with Crippen LogP contribution in [0.4, 0.5) is 5.69 Å². The number of hydrogen-bond donors (Lipinski definition) is 3.